The summed E-state index contributed by atoms with van der Waals surface area (Å²) in [5.74, 6) is -1.47. The van der Waals surface area contributed by atoms with Crippen molar-refractivity contribution in [3.05, 3.63) is 34.4 Å². The van der Waals surface area contributed by atoms with Crippen molar-refractivity contribution in [2.75, 3.05) is 0 Å². The van der Waals surface area contributed by atoms with Gasteiger partial charge in [0.2, 0.25) is 6.29 Å². The Hall–Kier alpha value is -2.27. The molecule has 0 bridgehead atoms. The number of hydrogen-bond donors (Lipinski definition) is 4. The van der Waals surface area contributed by atoms with Crippen LogP contribution in [0.4, 0.5) is 5.69 Å². The molecule has 10 heteroatoms. The zero-order valence-electron chi connectivity index (χ0n) is 11.0. The van der Waals surface area contributed by atoms with E-state index in [9.17, 15) is 30.2 Å². The molecule has 4 N–H and O–H groups in total. The topological polar surface area (TPSA) is 160 Å². The quantitative estimate of drug-likeness (QED) is 0.398. The molecule has 1 saturated heterocycles. The van der Waals surface area contributed by atoms with Crippen molar-refractivity contribution < 1.29 is 39.6 Å². The third kappa shape index (κ3) is 3.14. The fraction of sp³-hybridized carbons (Fsp3) is 0.417. The molecule has 0 radical (unpaired) electrons. The van der Waals surface area contributed by atoms with Crippen LogP contribution >= 0.6 is 0 Å². The summed E-state index contributed by atoms with van der Waals surface area (Å²) in [6, 6.07) is 4.73. The van der Waals surface area contributed by atoms with Crippen LogP contribution in [0.2, 0.25) is 0 Å². The summed E-state index contributed by atoms with van der Waals surface area (Å²) in [6.07, 6.45) is -8.62. The molecule has 1 fully saturated rings. The zero-order valence-corrected chi connectivity index (χ0v) is 11.0. The summed E-state index contributed by atoms with van der Waals surface area (Å²) >= 11 is 0. The summed E-state index contributed by atoms with van der Waals surface area (Å²) in [4.78, 5) is 20.8. The first kappa shape index (κ1) is 16.1. The van der Waals surface area contributed by atoms with Crippen LogP contribution in [0.25, 0.3) is 0 Å². The van der Waals surface area contributed by atoms with Gasteiger partial charge in [0.25, 0.3) is 5.69 Å². The van der Waals surface area contributed by atoms with Gasteiger partial charge < -0.3 is 29.9 Å². The van der Waals surface area contributed by atoms with E-state index in [1.54, 1.807) is 0 Å². The fourth-order valence-corrected chi connectivity index (χ4v) is 1.93. The average molecular weight is 315 g/mol. The van der Waals surface area contributed by atoms with Crippen LogP contribution in [-0.2, 0) is 9.53 Å². The Bertz CT molecular complexity index is 560. The second-order valence-corrected chi connectivity index (χ2v) is 4.60. The van der Waals surface area contributed by atoms with E-state index in [1.165, 1.54) is 12.1 Å². The lowest BCUT2D eigenvalue weighted by Crippen LogP contribution is -2.61. The minimum atomic E-state index is -1.82. The van der Waals surface area contributed by atoms with Gasteiger partial charge in [-0.05, 0) is 12.1 Å². The molecule has 0 unspecified atom stereocenters. The highest BCUT2D eigenvalue weighted by atomic mass is 16.7. The number of carboxylic acids is 1. The summed E-state index contributed by atoms with van der Waals surface area (Å²) in [5, 5.41) is 48.3. The number of hydrogen-bond acceptors (Lipinski definition) is 8. The van der Waals surface area contributed by atoms with E-state index in [2.05, 4.69) is 0 Å². The normalized spacial score (nSPS) is 31.5. The largest absolute Gasteiger partial charge is 0.479 e. The van der Waals surface area contributed by atoms with Crippen LogP contribution in [0.5, 0.6) is 5.75 Å². The van der Waals surface area contributed by atoms with E-state index in [0.717, 1.165) is 12.1 Å². The van der Waals surface area contributed by atoms with E-state index < -0.39 is 41.6 Å². The first-order valence-electron chi connectivity index (χ1n) is 6.15. The first-order chi connectivity index (χ1) is 10.3. The number of nitrogens with zero attached hydrogens (tertiary/aromatic N) is 1. The average Bonchev–Trinajstić information content (AvgIpc) is 2.48. The number of nitro groups is 1. The maximum Gasteiger partial charge on any atom is 0.335 e. The van der Waals surface area contributed by atoms with E-state index in [0.29, 0.717) is 0 Å². The number of ether oxygens (including phenoxy) is 2. The molecule has 1 aliphatic heterocycles. The molecule has 0 saturated carbocycles. The van der Waals surface area contributed by atoms with E-state index in [4.69, 9.17) is 14.6 Å². The highest BCUT2D eigenvalue weighted by molar-refractivity contribution is 5.73. The Morgan fingerprint density at radius 1 is 1.14 bits per heavy atom. The van der Waals surface area contributed by atoms with Crippen LogP contribution in [0.15, 0.2) is 24.3 Å². The number of aliphatic hydroxyl groups is 3. The van der Waals surface area contributed by atoms with Crippen molar-refractivity contribution in [1.29, 1.82) is 0 Å². The van der Waals surface area contributed by atoms with Crippen molar-refractivity contribution >= 4 is 11.7 Å². The van der Waals surface area contributed by atoms with E-state index in [-0.39, 0.29) is 11.4 Å². The molecule has 120 valence electrons. The molecule has 1 heterocycles. The molecule has 10 nitrogen and oxygen atoms in total. The van der Waals surface area contributed by atoms with Crippen LogP contribution in [0.1, 0.15) is 0 Å². The van der Waals surface area contributed by atoms with E-state index in [1.807, 2.05) is 0 Å². The third-order valence-corrected chi connectivity index (χ3v) is 3.11. The van der Waals surface area contributed by atoms with Crippen molar-refractivity contribution in [2.45, 2.75) is 30.7 Å². The van der Waals surface area contributed by atoms with Crippen molar-refractivity contribution in [3.8, 4) is 5.75 Å². The fourth-order valence-electron chi connectivity index (χ4n) is 1.93. The Morgan fingerprint density at radius 3 is 2.23 bits per heavy atom. The van der Waals surface area contributed by atoms with Gasteiger partial charge in [0.1, 0.15) is 24.1 Å². The molecular formula is C12H13NO9. The monoisotopic (exact) mass is 315 g/mol. The van der Waals surface area contributed by atoms with Gasteiger partial charge in [0, 0.05) is 12.1 Å². The number of aliphatic hydroxyl groups excluding tert-OH is 3. The van der Waals surface area contributed by atoms with Gasteiger partial charge in [-0.2, -0.15) is 0 Å². The van der Waals surface area contributed by atoms with Crippen molar-refractivity contribution in [3.63, 3.8) is 0 Å². The maximum absolute atomic E-state index is 10.9. The summed E-state index contributed by atoms with van der Waals surface area (Å²) in [6.45, 7) is 0. The molecule has 0 aliphatic carbocycles. The molecule has 1 aromatic rings. The van der Waals surface area contributed by atoms with Gasteiger partial charge >= 0.3 is 5.97 Å². The van der Waals surface area contributed by atoms with Gasteiger partial charge in [-0.25, -0.2) is 4.79 Å². The summed E-state index contributed by atoms with van der Waals surface area (Å²) in [7, 11) is 0. The standard InChI is InChI=1S/C12H13NO9/c14-7-8(15)10(11(17)18)22-12(9(7)16)21-6-3-1-5(2-4-6)13(19)20/h1-4,7-10,12,14-16H,(H,17,18)/t7-,8-,9-,10+,12-/m0/s1. The summed E-state index contributed by atoms with van der Waals surface area (Å²) < 4.78 is 10.1. The van der Waals surface area contributed by atoms with Gasteiger partial charge in [-0.1, -0.05) is 0 Å². The van der Waals surface area contributed by atoms with Gasteiger partial charge in [0.15, 0.2) is 6.10 Å². The number of aliphatic carboxylic acids is 1. The Labute approximate surface area is 123 Å². The van der Waals surface area contributed by atoms with Gasteiger partial charge in [-0.3, -0.25) is 10.1 Å². The van der Waals surface area contributed by atoms with Gasteiger partial charge in [0.05, 0.1) is 4.92 Å². The molecule has 0 aromatic heterocycles. The molecule has 1 aliphatic rings. The highest BCUT2D eigenvalue weighted by Gasteiger charge is 2.48. The lowest BCUT2D eigenvalue weighted by molar-refractivity contribution is -0.384. The second-order valence-electron chi connectivity index (χ2n) is 4.60. The molecule has 0 amide bonds. The zero-order chi connectivity index (χ0) is 16.4. The number of non-ortho nitro benzene ring substituents is 1. The maximum atomic E-state index is 10.9. The SMILES string of the molecule is O=C(O)[C@@H]1O[C@H](Oc2ccc([N+](=O)[O-])cc2)[C@@H](O)[C@@H](O)[C@@H]1O. The molecule has 0 spiro atoms. The highest BCUT2D eigenvalue weighted by Crippen LogP contribution is 2.25. The summed E-state index contributed by atoms with van der Waals surface area (Å²) in [5.41, 5.74) is -0.184. The predicted molar refractivity (Wildman–Crippen MR) is 68.0 cm³/mol. The number of nitro benzene ring substituents is 1. The number of carbonyl (C=O) groups is 1. The smallest absolute Gasteiger partial charge is 0.335 e. The molecule has 2 rings (SSSR count). The Kier molecular flexibility index (Phi) is 4.56. The molecule has 5 atom stereocenters. The number of carboxylic acid groups (broad SMARTS) is 1. The van der Waals surface area contributed by atoms with Gasteiger partial charge in [-0.15, -0.1) is 0 Å². The van der Waals surface area contributed by atoms with E-state index >= 15 is 0 Å². The molecular weight excluding hydrogens is 302 g/mol. The number of rotatable bonds is 4. The van der Waals surface area contributed by atoms with Crippen molar-refractivity contribution in [1.82, 2.24) is 0 Å². The Balaban J connectivity index is 2.13. The lowest BCUT2D eigenvalue weighted by Gasteiger charge is -2.38. The van der Waals surface area contributed by atoms with Crippen molar-refractivity contribution in [2.24, 2.45) is 0 Å². The lowest BCUT2D eigenvalue weighted by atomic mass is 9.99. The predicted octanol–water partition coefficient (Wildman–Crippen LogP) is -1.13. The first-order valence-corrected chi connectivity index (χ1v) is 6.15. The van der Waals surface area contributed by atoms with Crippen LogP contribution in [-0.4, -0.2) is 62.0 Å². The van der Waals surface area contributed by atoms with Crippen LogP contribution in [0, 0.1) is 10.1 Å². The van der Waals surface area contributed by atoms with Crippen LogP contribution in [0.3, 0.4) is 0 Å². The van der Waals surface area contributed by atoms with Crippen LogP contribution < -0.4 is 4.74 Å². The minimum absolute atomic E-state index is 0.0578. The second kappa shape index (κ2) is 6.23. The molecule has 1 aromatic carbocycles. The third-order valence-electron chi connectivity index (χ3n) is 3.11. The number of benzene rings is 1. The minimum Gasteiger partial charge on any atom is -0.479 e. The Morgan fingerprint density at radius 2 is 1.73 bits per heavy atom. The molecule has 22 heavy (non-hydrogen) atoms.